The Morgan fingerprint density at radius 3 is 2.74 bits per heavy atom. The average Bonchev–Trinajstić information content (AvgIpc) is 2.56. The van der Waals surface area contributed by atoms with Gasteiger partial charge in [0.2, 0.25) is 0 Å². The quantitative estimate of drug-likeness (QED) is 0.928. The number of primary amides is 1. The number of rotatable bonds is 4. The van der Waals surface area contributed by atoms with Crippen LogP contribution in [-0.2, 0) is 6.54 Å². The van der Waals surface area contributed by atoms with Crippen LogP contribution in [0.1, 0.15) is 16.1 Å². The number of anilines is 1. The summed E-state index contributed by atoms with van der Waals surface area (Å²) in [5.41, 5.74) is 6.37. The first kappa shape index (κ1) is 15.4. The molecule has 1 aromatic carbocycles. The van der Waals surface area contributed by atoms with E-state index in [0.717, 1.165) is 44.1 Å². The second-order valence-electron chi connectivity index (χ2n) is 5.55. The van der Waals surface area contributed by atoms with Crippen molar-refractivity contribution in [1.82, 2.24) is 9.88 Å². The average molecular weight is 313 g/mol. The van der Waals surface area contributed by atoms with E-state index in [2.05, 4.69) is 20.9 Å². The molecule has 2 N–H and O–H groups in total. The Hall–Kier alpha value is -2.47. The number of aromatic nitrogens is 1. The number of nitrogens with zero attached hydrogens (tertiary/aromatic N) is 3. The largest absolute Gasteiger partial charge is 0.364 e. The molecule has 0 aliphatic carbocycles. The van der Waals surface area contributed by atoms with Gasteiger partial charge in [-0.15, -0.1) is 0 Å². The maximum atomic E-state index is 13.2. The Morgan fingerprint density at radius 2 is 2.04 bits per heavy atom. The molecule has 1 amide bonds. The number of piperazine rings is 1. The van der Waals surface area contributed by atoms with Crippen molar-refractivity contribution in [2.24, 2.45) is 5.73 Å². The van der Waals surface area contributed by atoms with Crippen molar-refractivity contribution >= 4 is 11.7 Å². The first-order valence-electron chi connectivity index (χ1n) is 7.52. The molecule has 119 valence electrons. The van der Waals surface area contributed by atoms with Crippen LogP contribution in [0.5, 0.6) is 0 Å². The Bertz CT molecular complexity index is 698. The minimum Gasteiger partial charge on any atom is -0.364 e. The van der Waals surface area contributed by atoms with E-state index < -0.39 is 5.91 Å². The zero-order valence-corrected chi connectivity index (χ0v) is 12.7. The van der Waals surface area contributed by atoms with Crippen molar-refractivity contribution < 1.29 is 9.18 Å². The molecular formula is C17H18FN4O. The predicted octanol–water partition coefficient (Wildman–Crippen LogP) is 1.44. The minimum atomic E-state index is -0.573. The normalized spacial score (nSPS) is 15.6. The van der Waals surface area contributed by atoms with Crippen LogP contribution in [0.3, 0.4) is 0 Å². The molecule has 0 spiro atoms. The lowest BCUT2D eigenvalue weighted by molar-refractivity contribution is 0.0995. The van der Waals surface area contributed by atoms with Crippen LogP contribution in [0, 0.1) is 11.9 Å². The number of nitrogens with two attached hydrogens (primary N) is 1. The highest BCUT2D eigenvalue weighted by Crippen LogP contribution is 2.15. The van der Waals surface area contributed by atoms with Gasteiger partial charge in [0.25, 0.3) is 5.91 Å². The van der Waals surface area contributed by atoms with Crippen molar-refractivity contribution in [1.29, 1.82) is 0 Å². The van der Waals surface area contributed by atoms with Crippen LogP contribution >= 0.6 is 0 Å². The van der Waals surface area contributed by atoms with E-state index in [9.17, 15) is 9.18 Å². The van der Waals surface area contributed by atoms with Crippen molar-refractivity contribution in [3.05, 3.63) is 59.5 Å². The molecule has 2 aromatic rings. The maximum Gasteiger partial charge on any atom is 0.268 e. The van der Waals surface area contributed by atoms with Gasteiger partial charge in [-0.05, 0) is 29.8 Å². The van der Waals surface area contributed by atoms with Gasteiger partial charge in [-0.1, -0.05) is 12.1 Å². The monoisotopic (exact) mass is 313 g/mol. The summed E-state index contributed by atoms with van der Waals surface area (Å²) in [6.45, 7) is 4.02. The lowest BCUT2D eigenvalue weighted by Gasteiger charge is -2.35. The van der Waals surface area contributed by atoms with Gasteiger partial charge >= 0.3 is 0 Å². The van der Waals surface area contributed by atoms with Gasteiger partial charge < -0.3 is 10.6 Å². The molecule has 1 aliphatic rings. The van der Waals surface area contributed by atoms with E-state index in [1.54, 1.807) is 18.2 Å². The third-order valence-electron chi connectivity index (χ3n) is 3.90. The van der Waals surface area contributed by atoms with Crippen LogP contribution in [0.4, 0.5) is 10.2 Å². The highest BCUT2D eigenvalue weighted by molar-refractivity contribution is 5.90. The van der Waals surface area contributed by atoms with Crippen LogP contribution < -0.4 is 10.6 Å². The SMILES string of the molecule is NC(=O)c1[c]ccc(N2CCN(Cc3cccc(F)c3)CC2)n1. The molecule has 23 heavy (non-hydrogen) atoms. The zero-order valence-electron chi connectivity index (χ0n) is 12.7. The lowest BCUT2D eigenvalue weighted by Crippen LogP contribution is -2.46. The van der Waals surface area contributed by atoms with E-state index in [4.69, 9.17) is 5.73 Å². The molecule has 1 radical (unpaired) electrons. The lowest BCUT2D eigenvalue weighted by atomic mass is 10.2. The van der Waals surface area contributed by atoms with Crippen LogP contribution in [0.2, 0.25) is 0 Å². The number of hydrogen-bond acceptors (Lipinski definition) is 4. The second-order valence-corrected chi connectivity index (χ2v) is 5.55. The fourth-order valence-corrected chi connectivity index (χ4v) is 2.71. The van der Waals surface area contributed by atoms with Gasteiger partial charge in [0.05, 0.1) is 0 Å². The predicted molar refractivity (Wildman–Crippen MR) is 85.5 cm³/mol. The first-order chi connectivity index (χ1) is 11.1. The summed E-state index contributed by atoms with van der Waals surface area (Å²) in [7, 11) is 0. The molecule has 1 fully saturated rings. The fraction of sp³-hybridized carbons (Fsp3) is 0.294. The topological polar surface area (TPSA) is 62.5 Å². The van der Waals surface area contributed by atoms with E-state index in [1.807, 2.05) is 12.1 Å². The van der Waals surface area contributed by atoms with Gasteiger partial charge in [-0.2, -0.15) is 0 Å². The van der Waals surface area contributed by atoms with Crippen LogP contribution in [0.25, 0.3) is 0 Å². The molecule has 1 saturated heterocycles. The number of amides is 1. The molecule has 0 atom stereocenters. The number of hydrogen-bond donors (Lipinski definition) is 1. The number of carbonyl (C=O) groups is 1. The fourth-order valence-electron chi connectivity index (χ4n) is 2.71. The second kappa shape index (κ2) is 6.75. The molecular weight excluding hydrogens is 295 g/mol. The molecule has 1 aromatic heterocycles. The summed E-state index contributed by atoms with van der Waals surface area (Å²) in [5, 5.41) is 0. The van der Waals surface area contributed by atoms with Gasteiger partial charge in [0.1, 0.15) is 17.3 Å². The zero-order chi connectivity index (χ0) is 16.2. The van der Waals surface area contributed by atoms with E-state index in [0.29, 0.717) is 0 Å². The van der Waals surface area contributed by atoms with Crippen LogP contribution in [0.15, 0.2) is 36.4 Å². The molecule has 2 heterocycles. The highest BCUT2D eigenvalue weighted by Gasteiger charge is 2.19. The summed E-state index contributed by atoms with van der Waals surface area (Å²) in [5.74, 6) is -0.0376. The first-order valence-corrected chi connectivity index (χ1v) is 7.52. The standard InChI is InChI=1S/C17H18FN4O/c18-14-4-1-3-13(11-14)12-21-7-9-22(10-8-21)16-6-2-5-15(20-16)17(19)23/h1-4,6,11H,7-10,12H2,(H2,19,23). The van der Waals surface area contributed by atoms with Crippen LogP contribution in [-0.4, -0.2) is 42.0 Å². The van der Waals surface area contributed by atoms with Crippen molar-refractivity contribution in [2.45, 2.75) is 6.54 Å². The smallest absolute Gasteiger partial charge is 0.268 e. The highest BCUT2D eigenvalue weighted by atomic mass is 19.1. The molecule has 6 heteroatoms. The molecule has 0 unspecified atom stereocenters. The van der Waals surface area contributed by atoms with E-state index in [1.165, 1.54) is 6.07 Å². The van der Waals surface area contributed by atoms with E-state index in [-0.39, 0.29) is 11.5 Å². The Kier molecular flexibility index (Phi) is 4.52. The number of carbonyl (C=O) groups excluding carboxylic acids is 1. The summed E-state index contributed by atoms with van der Waals surface area (Å²) < 4.78 is 13.2. The summed E-state index contributed by atoms with van der Waals surface area (Å²) in [4.78, 5) is 19.8. The molecule has 5 nitrogen and oxygen atoms in total. The minimum absolute atomic E-state index is 0.157. The van der Waals surface area contributed by atoms with Crippen molar-refractivity contribution in [3.8, 4) is 0 Å². The van der Waals surface area contributed by atoms with E-state index >= 15 is 0 Å². The van der Waals surface area contributed by atoms with Gasteiger partial charge in [-0.25, -0.2) is 9.37 Å². The Balaban J connectivity index is 1.60. The van der Waals surface area contributed by atoms with Gasteiger partial charge in [0, 0.05) is 38.8 Å². The number of benzene rings is 1. The summed E-state index contributed by atoms with van der Waals surface area (Å²) >= 11 is 0. The Morgan fingerprint density at radius 1 is 1.26 bits per heavy atom. The third kappa shape index (κ3) is 3.84. The molecule has 0 saturated carbocycles. The maximum absolute atomic E-state index is 13.2. The third-order valence-corrected chi connectivity index (χ3v) is 3.90. The summed E-state index contributed by atoms with van der Waals surface area (Å²) in [6.07, 6.45) is 0. The number of pyridine rings is 1. The van der Waals surface area contributed by atoms with Crippen molar-refractivity contribution in [3.63, 3.8) is 0 Å². The summed E-state index contributed by atoms with van der Waals surface area (Å²) in [6, 6.07) is 12.9. The number of halogens is 1. The van der Waals surface area contributed by atoms with Gasteiger partial charge in [-0.3, -0.25) is 9.69 Å². The Labute approximate surface area is 134 Å². The van der Waals surface area contributed by atoms with Gasteiger partial charge in [0.15, 0.2) is 0 Å². The molecule has 1 aliphatic heterocycles. The molecule has 3 rings (SSSR count). The molecule has 0 bridgehead atoms. The van der Waals surface area contributed by atoms with Crippen molar-refractivity contribution in [2.75, 3.05) is 31.1 Å².